The second kappa shape index (κ2) is 7.75. The van der Waals surface area contributed by atoms with Crippen LogP contribution in [-0.4, -0.2) is 10.1 Å². The van der Waals surface area contributed by atoms with Gasteiger partial charge in [0.25, 0.3) is 4.92 Å². The molecule has 4 aromatic carbocycles. The molecule has 0 saturated carbocycles. The minimum Gasteiger partial charge on any atom is -0.241 e. The van der Waals surface area contributed by atoms with Crippen LogP contribution >= 0.6 is 7.26 Å². The molecular weight excluding hydrogens is 365 g/mol. The van der Waals surface area contributed by atoms with Crippen molar-refractivity contribution in [1.82, 2.24) is 0 Å². The van der Waals surface area contributed by atoms with Gasteiger partial charge in [0.1, 0.15) is 28.5 Å². The van der Waals surface area contributed by atoms with E-state index in [-0.39, 0.29) is 10.6 Å². The van der Waals surface area contributed by atoms with Gasteiger partial charge >= 0.3 is 5.69 Å². The number of rotatable bonds is 5. The van der Waals surface area contributed by atoms with Gasteiger partial charge in [-0.15, -0.1) is 0 Å². The van der Waals surface area contributed by atoms with Crippen molar-refractivity contribution in [1.29, 1.82) is 0 Å². The van der Waals surface area contributed by atoms with E-state index in [2.05, 4.69) is 72.8 Å². The Hall–Kier alpha value is -3.29. The first-order valence-electron chi connectivity index (χ1n) is 9.05. The predicted octanol–water partition coefficient (Wildman–Crippen LogP) is 4.11. The van der Waals surface area contributed by atoms with E-state index in [1.54, 1.807) is 12.1 Å². The van der Waals surface area contributed by atoms with Crippen molar-refractivity contribution < 1.29 is 10.1 Å². The van der Waals surface area contributed by atoms with Gasteiger partial charge in [0.15, 0.2) is 0 Å². The summed E-state index contributed by atoms with van der Waals surface area (Å²) < 4.78 is 0. The zero-order valence-electron chi connectivity index (χ0n) is 15.2. The van der Waals surface area contributed by atoms with Crippen LogP contribution < -0.4 is 21.2 Å². The molecule has 0 radical (unpaired) electrons. The molecule has 0 amide bonds. The molecule has 0 spiro atoms. The Labute approximate surface area is 164 Å². The molecule has 28 heavy (non-hydrogen) atoms. The summed E-state index contributed by atoms with van der Waals surface area (Å²) in [6.07, 6.45) is 0. The maximum atomic E-state index is 11.3. The van der Waals surface area contributed by atoms with Gasteiger partial charge in [-0.3, -0.25) is 0 Å². The summed E-state index contributed by atoms with van der Waals surface area (Å²) >= 11 is 0. The maximum Gasteiger partial charge on any atom is 0.316 e. The zero-order valence-corrected chi connectivity index (χ0v) is 16.1. The average molecular weight is 385 g/mol. The Morgan fingerprint density at radius 3 is 1.14 bits per heavy atom. The lowest BCUT2D eigenvalue weighted by Crippen LogP contribution is -2.38. The van der Waals surface area contributed by atoms with E-state index in [1.165, 1.54) is 15.9 Å². The van der Waals surface area contributed by atoms with Gasteiger partial charge in [-0.1, -0.05) is 54.6 Å². The van der Waals surface area contributed by atoms with E-state index in [1.807, 2.05) is 30.3 Å². The van der Waals surface area contributed by atoms with Crippen molar-refractivity contribution in [3.63, 3.8) is 0 Å². The maximum absolute atomic E-state index is 11.3. The van der Waals surface area contributed by atoms with E-state index in [4.69, 9.17) is 0 Å². The molecule has 0 saturated heterocycles. The minimum absolute atomic E-state index is 0.0997. The van der Waals surface area contributed by atoms with E-state index >= 15 is 0 Å². The Balaban J connectivity index is 2.08. The number of nitrogens with zero attached hydrogens (tertiary/aromatic N) is 1. The van der Waals surface area contributed by atoms with Crippen LogP contribution in [0, 0.1) is 4.91 Å². The highest BCUT2D eigenvalue weighted by Gasteiger charge is 2.47. The monoisotopic (exact) mass is 385 g/mol. The van der Waals surface area contributed by atoms with E-state index < -0.39 is 7.26 Å². The number of benzene rings is 4. The summed E-state index contributed by atoms with van der Waals surface area (Å²) in [6.45, 7) is 0. The number of hydrogen-bond donors (Lipinski definition) is 1. The highest BCUT2D eigenvalue weighted by atomic mass is 31.2. The van der Waals surface area contributed by atoms with Gasteiger partial charge < -0.3 is 0 Å². The van der Waals surface area contributed by atoms with Gasteiger partial charge in [0.05, 0.1) is 4.91 Å². The van der Waals surface area contributed by atoms with Crippen molar-refractivity contribution in [2.75, 3.05) is 0 Å². The standard InChI is InChI=1S/C24H20NO2P/c26-25(27)20-16-18-24(19-17-20)28(21-10-4-1-5-11-21,22-12-6-2-7-13-22)23-14-8-3-9-15-23/h1-19H,(H,26,27)/q+2. The van der Waals surface area contributed by atoms with Gasteiger partial charge in [0, 0.05) is 12.1 Å². The fraction of sp³-hybridized carbons (Fsp3) is 0. The Bertz CT molecular complexity index is 969. The van der Waals surface area contributed by atoms with Crippen LogP contribution in [0.2, 0.25) is 0 Å². The molecule has 0 aliphatic heterocycles. The molecule has 4 aromatic rings. The highest BCUT2D eigenvalue weighted by molar-refractivity contribution is 8.01. The second-order valence-corrected chi connectivity index (χ2v) is 9.87. The molecule has 0 bridgehead atoms. The Kier molecular flexibility index (Phi) is 5.01. The minimum atomic E-state index is -2.16. The molecule has 0 aromatic heterocycles. The topological polar surface area (TPSA) is 40.3 Å². The van der Waals surface area contributed by atoms with Crippen molar-refractivity contribution in [3.05, 3.63) is 120 Å². The second-order valence-electron chi connectivity index (χ2n) is 6.47. The van der Waals surface area contributed by atoms with Gasteiger partial charge in [-0.25, -0.2) is 5.21 Å². The Morgan fingerprint density at radius 1 is 0.500 bits per heavy atom. The zero-order chi connectivity index (χ0) is 19.4. The molecule has 0 aliphatic carbocycles. The summed E-state index contributed by atoms with van der Waals surface area (Å²) in [6, 6.07) is 38.8. The summed E-state index contributed by atoms with van der Waals surface area (Å²) in [5.41, 5.74) is 0.219. The largest absolute Gasteiger partial charge is 0.316 e. The summed E-state index contributed by atoms with van der Waals surface area (Å²) in [4.78, 5) is 11.2. The molecular formula is C24H20NO2P+2. The first-order valence-corrected chi connectivity index (χ1v) is 10.8. The first-order chi connectivity index (χ1) is 13.7. The SMILES string of the molecule is O=[N+](O)c1ccc([P+](c2ccccc2)(c2ccccc2)c2ccccc2)cc1. The van der Waals surface area contributed by atoms with Crippen LogP contribution in [0.1, 0.15) is 0 Å². The molecule has 0 fully saturated rings. The van der Waals surface area contributed by atoms with E-state index in [0.717, 1.165) is 5.30 Å². The van der Waals surface area contributed by atoms with Crippen molar-refractivity contribution in [2.24, 2.45) is 0 Å². The van der Waals surface area contributed by atoms with Gasteiger partial charge in [0.2, 0.25) is 0 Å². The lowest BCUT2D eigenvalue weighted by Gasteiger charge is -2.27. The number of hydrogen-bond acceptors (Lipinski definition) is 1. The predicted molar refractivity (Wildman–Crippen MR) is 116 cm³/mol. The summed E-state index contributed by atoms with van der Waals surface area (Å²) in [7, 11) is -2.16. The molecule has 136 valence electrons. The Morgan fingerprint density at radius 2 is 0.821 bits per heavy atom. The van der Waals surface area contributed by atoms with Crippen LogP contribution in [0.5, 0.6) is 0 Å². The smallest absolute Gasteiger partial charge is 0.241 e. The lowest BCUT2D eigenvalue weighted by molar-refractivity contribution is -0.729. The van der Waals surface area contributed by atoms with Crippen LogP contribution in [0.3, 0.4) is 0 Å². The summed E-state index contributed by atoms with van der Waals surface area (Å²) in [5, 5.41) is 14.1. The summed E-state index contributed by atoms with van der Waals surface area (Å²) in [5.74, 6) is 0. The third kappa shape index (κ3) is 3.11. The van der Waals surface area contributed by atoms with Crippen LogP contribution in [0.4, 0.5) is 5.69 Å². The molecule has 0 heterocycles. The average Bonchev–Trinajstić information content (AvgIpc) is 2.77. The van der Waals surface area contributed by atoms with E-state index in [0.29, 0.717) is 0 Å². The molecule has 0 atom stereocenters. The first kappa shape index (κ1) is 18.1. The third-order valence-electron chi connectivity index (χ3n) is 4.89. The lowest BCUT2D eigenvalue weighted by atomic mass is 10.3. The van der Waals surface area contributed by atoms with Crippen molar-refractivity contribution in [2.45, 2.75) is 0 Å². The van der Waals surface area contributed by atoms with Crippen molar-refractivity contribution >= 4 is 34.2 Å². The normalized spacial score (nSPS) is 11.1. The van der Waals surface area contributed by atoms with E-state index in [9.17, 15) is 10.1 Å². The quantitative estimate of drug-likeness (QED) is 0.415. The van der Waals surface area contributed by atoms with Crippen LogP contribution in [0.25, 0.3) is 0 Å². The molecule has 4 heteroatoms. The molecule has 0 unspecified atom stereocenters. The fourth-order valence-corrected chi connectivity index (χ4v) is 7.90. The third-order valence-corrected chi connectivity index (χ3v) is 9.18. The molecule has 1 N–H and O–H groups in total. The fourth-order valence-electron chi connectivity index (χ4n) is 3.65. The van der Waals surface area contributed by atoms with Crippen molar-refractivity contribution in [3.8, 4) is 0 Å². The van der Waals surface area contributed by atoms with Gasteiger partial charge in [-0.05, 0) is 48.5 Å². The van der Waals surface area contributed by atoms with Crippen LogP contribution in [0.15, 0.2) is 115 Å². The highest BCUT2D eigenvalue weighted by Crippen LogP contribution is 2.54. The van der Waals surface area contributed by atoms with Gasteiger partial charge in [-0.2, -0.15) is 0 Å². The van der Waals surface area contributed by atoms with Crippen LogP contribution in [-0.2, 0) is 0 Å². The molecule has 0 aliphatic rings. The molecule has 4 rings (SSSR count). The molecule has 3 nitrogen and oxygen atoms in total.